The summed E-state index contributed by atoms with van der Waals surface area (Å²) >= 11 is 5.95. The molecule has 1 aromatic rings. The van der Waals surface area contributed by atoms with Crippen molar-refractivity contribution >= 4 is 33.2 Å². The van der Waals surface area contributed by atoms with E-state index in [-0.39, 0.29) is 23.9 Å². The van der Waals surface area contributed by atoms with Gasteiger partial charge in [-0.3, -0.25) is 9.59 Å². The Labute approximate surface area is 135 Å². The maximum Gasteiger partial charge on any atom is 0.209 e. The average Bonchev–Trinajstić information content (AvgIpc) is 3.20. The monoisotopic (exact) mass is 343 g/mol. The number of Topliss-reactive ketones (excluding diaryl/α,β-unsaturated/α-hetero) is 2. The maximum absolute atomic E-state index is 12.3. The number of halogens is 1. The van der Waals surface area contributed by atoms with E-state index in [1.807, 2.05) is 0 Å². The largest absolute Gasteiger partial charge is 0.299 e. The molecule has 0 saturated heterocycles. The number of sulfonamides is 1. The molecule has 0 spiro atoms. The van der Waals surface area contributed by atoms with Crippen LogP contribution in [0.4, 0.5) is 0 Å². The third-order valence-electron chi connectivity index (χ3n) is 3.54. The minimum Gasteiger partial charge on any atom is -0.299 e. The number of hydrogen-bond donors (Lipinski definition) is 1. The SMILES string of the molecule is CC(NS(C)(=O)=O)c1cc(Cl)ccc1C(=O)CC(=O)C1CC1. The Kier molecular flexibility index (Phi) is 5.04. The molecule has 1 atom stereocenters. The number of rotatable bonds is 7. The molecule has 0 radical (unpaired) electrons. The summed E-state index contributed by atoms with van der Waals surface area (Å²) in [6.07, 6.45) is 2.61. The molecule has 120 valence electrons. The zero-order valence-electron chi connectivity index (χ0n) is 12.4. The van der Waals surface area contributed by atoms with Crippen LogP contribution in [-0.4, -0.2) is 26.2 Å². The standard InChI is InChI=1S/C15H18ClNO4S/c1-9(17-22(2,20)21)13-7-11(16)5-6-12(13)15(19)8-14(18)10-3-4-10/h5-7,9-10,17H,3-4,8H2,1-2H3. The molecule has 1 N–H and O–H groups in total. The summed E-state index contributed by atoms with van der Waals surface area (Å²) in [7, 11) is -3.42. The molecule has 7 heteroatoms. The van der Waals surface area contributed by atoms with Gasteiger partial charge in [-0.2, -0.15) is 0 Å². The lowest BCUT2D eigenvalue weighted by molar-refractivity contribution is -0.119. The maximum atomic E-state index is 12.3. The van der Waals surface area contributed by atoms with Gasteiger partial charge in [-0.05, 0) is 43.5 Å². The molecule has 1 fully saturated rings. The normalized spacial score (nSPS) is 16.3. The fourth-order valence-corrected chi connectivity index (χ4v) is 3.28. The van der Waals surface area contributed by atoms with E-state index in [0.29, 0.717) is 16.1 Å². The van der Waals surface area contributed by atoms with Gasteiger partial charge in [0.15, 0.2) is 5.78 Å². The van der Waals surface area contributed by atoms with Crippen LogP contribution in [0.25, 0.3) is 0 Å². The van der Waals surface area contributed by atoms with E-state index in [0.717, 1.165) is 19.1 Å². The lowest BCUT2D eigenvalue weighted by Crippen LogP contribution is -2.27. The van der Waals surface area contributed by atoms with Crippen LogP contribution in [0, 0.1) is 5.92 Å². The summed E-state index contributed by atoms with van der Waals surface area (Å²) in [6, 6.07) is 4.05. The summed E-state index contributed by atoms with van der Waals surface area (Å²) in [5, 5.41) is 0.405. The van der Waals surface area contributed by atoms with Gasteiger partial charge in [0.25, 0.3) is 0 Å². The van der Waals surface area contributed by atoms with Crippen LogP contribution < -0.4 is 4.72 Å². The van der Waals surface area contributed by atoms with Gasteiger partial charge in [-0.25, -0.2) is 13.1 Å². The molecule has 5 nitrogen and oxygen atoms in total. The Balaban J connectivity index is 2.26. The lowest BCUT2D eigenvalue weighted by Gasteiger charge is -2.16. The van der Waals surface area contributed by atoms with Gasteiger partial charge in [-0.15, -0.1) is 0 Å². The van der Waals surface area contributed by atoms with Crippen LogP contribution in [0.2, 0.25) is 5.02 Å². The fourth-order valence-electron chi connectivity index (χ4n) is 2.33. The average molecular weight is 344 g/mol. The van der Waals surface area contributed by atoms with Gasteiger partial charge in [0.05, 0.1) is 12.7 Å². The highest BCUT2D eigenvalue weighted by atomic mass is 35.5. The highest BCUT2D eigenvalue weighted by molar-refractivity contribution is 7.88. The predicted molar refractivity (Wildman–Crippen MR) is 84.5 cm³/mol. The third kappa shape index (κ3) is 4.63. The first kappa shape index (κ1) is 17.1. The zero-order chi connectivity index (χ0) is 16.5. The van der Waals surface area contributed by atoms with Crippen LogP contribution in [0.15, 0.2) is 18.2 Å². The fraction of sp³-hybridized carbons (Fsp3) is 0.467. The minimum atomic E-state index is -3.42. The highest BCUT2D eigenvalue weighted by Gasteiger charge is 2.31. The number of benzene rings is 1. The van der Waals surface area contributed by atoms with Crippen molar-refractivity contribution in [1.29, 1.82) is 0 Å². The molecule has 1 aliphatic rings. The molecule has 0 aromatic heterocycles. The van der Waals surface area contributed by atoms with Crippen LogP contribution in [-0.2, 0) is 14.8 Å². The van der Waals surface area contributed by atoms with Gasteiger partial charge in [-0.1, -0.05) is 11.6 Å². The van der Waals surface area contributed by atoms with Crippen molar-refractivity contribution in [3.63, 3.8) is 0 Å². The molecule has 0 aliphatic heterocycles. The quantitative estimate of drug-likeness (QED) is 0.609. The van der Waals surface area contributed by atoms with E-state index in [9.17, 15) is 18.0 Å². The van der Waals surface area contributed by atoms with E-state index in [2.05, 4.69) is 4.72 Å². The first-order valence-corrected chi connectivity index (χ1v) is 9.27. The topological polar surface area (TPSA) is 80.3 Å². The second-order valence-corrected chi connectivity index (χ2v) is 7.90. The number of hydrogen-bond acceptors (Lipinski definition) is 4. The number of carbonyl (C=O) groups is 2. The van der Waals surface area contributed by atoms with Crippen LogP contribution in [0.5, 0.6) is 0 Å². The Morgan fingerprint density at radius 1 is 1.36 bits per heavy atom. The summed E-state index contributed by atoms with van der Waals surface area (Å²) in [5.41, 5.74) is 0.813. The van der Waals surface area contributed by atoms with Gasteiger partial charge in [0, 0.05) is 22.5 Å². The molecule has 0 bridgehead atoms. The van der Waals surface area contributed by atoms with Crippen molar-refractivity contribution in [2.45, 2.75) is 32.2 Å². The summed E-state index contributed by atoms with van der Waals surface area (Å²) < 4.78 is 25.2. The van der Waals surface area contributed by atoms with Gasteiger partial charge < -0.3 is 0 Å². The molecule has 0 heterocycles. The second kappa shape index (κ2) is 6.48. The molecule has 1 unspecified atom stereocenters. The van der Waals surface area contributed by atoms with Crippen LogP contribution in [0.1, 0.15) is 48.1 Å². The van der Waals surface area contributed by atoms with Crippen molar-refractivity contribution in [2.75, 3.05) is 6.26 Å². The van der Waals surface area contributed by atoms with Crippen LogP contribution >= 0.6 is 11.6 Å². The highest BCUT2D eigenvalue weighted by Crippen LogP contribution is 2.32. The third-order valence-corrected chi connectivity index (χ3v) is 4.56. The van der Waals surface area contributed by atoms with Gasteiger partial charge in [0.2, 0.25) is 10.0 Å². The van der Waals surface area contributed by atoms with E-state index < -0.39 is 16.1 Å². The first-order valence-electron chi connectivity index (χ1n) is 7.00. The molecule has 1 aliphatic carbocycles. The Morgan fingerprint density at radius 3 is 2.55 bits per heavy atom. The Morgan fingerprint density at radius 2 is 2.00 bits per heavy atom. The van der Waals surface area contributed by atoms with Crippen molar-refractivity contribution in [2.24, 2.45) is 5.92 Å². The van der Waals surface area contributed by atoms with Crippen molar-refractivity contribution in [3.8, 4) is 0 Å². The molecular formula is C15H18ClNO4S. The molecule has 1 aromatic carbocycles. The number of nitrogens with one attached hydrogen (secondary N) is 1. The van der Waals surface area contributed by atoms with Crippen molar-refractivity contribution in [3.05, 3.63) is 34.3 Å². The predicted octanol–water partition coefficient (Wildman–Crippen LogP) is 2.50. The summed E-state index contributed by atoms with van der Waals surface area (Å²) in [6.45, 7) is 1.63. The van der Waals surface area contributed by atoms with E-state index in [4.69, 9.17) is 11.6 Å². The lowest BCUT2D eigenvalue weighted by atomic mass is 9.95. The number of carbonyl (C=O) groups excluding carboxylic acids is 2. The second-order valence-electron chi connectivity index (χ2n) is 5.68. The smallest absolute Gasteiger partial charge is 0.209 e. The molecule has 1 saturated carbocycles. The molecule has 0 amide bonds. The Hall–Kier alpha value is -1.24. The van der Waals surface area contributed by atoms with E-state index >= 15 is 0 Å². The minimum absolute atomic E-state index is 0.0197. The first-order chi connectivity index (χ1) is 10.2. The number of ketones is 2. The van der Waals surface area contributed by atoms with Crippen LogP contribution in [0.3, 0.4) is 0 Å². The van der Waals surface area contributed by atoms with E-state index in [1.54, 1.807) is 25.1 Å². The van der Waals surface area contributed by atoms with E-state index in [1.165, 1.54) is 0 Å². The van der Waals surface area contributed by atoms with Crippen molar-refractivity contribution in [1.82, 2.24) is 4.72 Å². The van der Waals surface area contributed by atoms with Crippen molar-refractivity contribution < 1.29 is 18.0 Å². The van der Waals surface area contributed by atoms with Gasteiger partial charge in [0.1, 0.15) is 5.78 Å². The molecule has 22 heavy (non-hydrogen) atoms. The summed E-state index contributed by atoms with van der Waals surface area (Å²) in [4.78, 5) is 24.2. The summed E-state index contributed by atoms with van der Waals surface area (Å²) in [5.74, 6) is -0.327. The Bertz CT molecular complexity index is 710. The zero-order valence-corrected chi connectivity index (χ0v) is 14.0. The molecule has 2 rings (SSSR count). The van der Waals surface area contributed by atoms with Gasteiger partial charge >= 0.3 is 0 Å². The molecular weight excluding hydrogens is 326 g/mol.